The van der Waals surface area contributed by atoms with Crippen molar-refractivity contribution in [2.75, 3.05) is 6.61 Å². The summed E-state index contributed by atoms with van der Waals surface area (Å²) in [6, 6.07) is 11.3. The lowest BCUT2D eigenvalue weighted by Gasteiger charge is -2.34. The highest BCUT2D eigenvalue weighted by atomic mass is 16.5. The van der Waals surface area contributed by atoms with E-state index in [0.29, 0.717) is 19.0 Å². The van der Waals surface area contributed by atoms with Crippen LogP contribution in [0.4, 0.5) is 0 Å². The van der Waals surface area contributed by atoms with E-state index >= 15 is 0 Å². The SMILES string of the molecule is CCCC[C@H]1CC(=O)N=C2OC[C@H](c3ccccc3)N21. The molecule has 3 rings (SSSR count). The Morgan fingerprint density at radius 3 is 2.90 bits per heavy atom. The third-order valence-corrected chi connectivity index (χ3v) is 4.03. The van der Waals surface area contributed by atoms with E-state index in [1.54, 1.807) is 0 Å². The molecule has 2 aliphatic rings. The number of ether oxygens (including phenoxy) is 1. The number of rotatable bonds is 4. The molecule has 1 amide bonds. The third kappa shape index (κ3) is 2.42. The van der Waals surface area contributed by atoms with Crippen LogP contribution in [-0.2, 0) is 9.53 Å². The summed E-state index contributed by atoms with van der Waals surface area (Å²) in [6.45, 7) is 2.76. The molecule has 0 unspecified atom stereocenters. The smallest absolute Gasteiger partial charge is 0.296 e. The van der Waals surface area contributed by atoms with Gasteiger partial charge in [0.1, 0.15) is 6.61 Å². The predicted octanol–water partition coefficient (Wildman–Crippen LogP) is 2.91. The Kier molecular flexibility index (Phi) is 3.72. The first kappa shape index (κ1) is 13.2. The molecule has 0 spiro atoms. The summed E-state index contributed by atoms with van der Waals surface area (Å²) in [6.07, 6.45) is 3.80. The van der Waals surface area contributed by atoms with Gasteiger partial charge in [-0.15, -0.1) is 0 Å². The monoisotopic (exact) mass is 272 g/mol. The van der Waals surface area contributed by atoms with Crippen LogP contribution < -0.4 is 0 Å². The minimum atomic E-state index is -0.0499. The first-order chi connectivity index (χ1) is 9.79. The topological polar surface area (TPSA) is 41.9 Å². The molecule has 0 aromatic heterocycles. The lowest BCUT2D eigenvalue weighted by Crippen LogP contribution is -2.43. The van der Waals surface area contributed by atoms with Crippen LogP contribution in [0.3, 0.4) is 0 Å². The maximum atomic E-state index is 11.7. The summed E-state index contributed by atoms with van der Waals surface area (Å²) in [5, 5.41) is 0. The van der Waals surface area contributed by atoms with Crippen molar-refractivity contribution in [1.82, 2.24) is 4.90 Å². The zero-order valence-corrected chi connectivity index (χ0v) is 11.8. The van der Waals surface area contributed by atoms with Gasteiger partial charge in [0.25, 0.3) is 11.9 Å². The van der Waals surface area contributed by atoms with Gasteiger partial charge in [-0.25, -0.2) is 0 Å². The molecule has 106 valence electrons. The largest absolute Gasteiger partial charge is 0.462 e. The van der Waals surface area contributed by atoms with Crippen molar-refractivity contribution in [3.63, 3.8) is 0 Å². The van der Waals surface area contributed by atoms with E-state index < -0.39 is 0 Å². The van der Waals surface area contributed by atoms with Crippen molar-refractivity contribution in [2.24, 2.45) is 4.99 Å². The van der Waals surface area contributed by atoms with E-state index in [1.165, 1.54) is 5.56 Å². The molecule has 0 saturated carbocycles. The average molecular weight is 272 g/mol. The molecule has 4 nitrogen and oxygen atoms in total. The number of amides is 1. The van der Waals surface area contributed by atoms with Gasteiger partial charge >= 0.3 is 0 Å². The summed E-state index contributed by atoms with van der Waals surface area (Å²) in [7, 11) is 0. The van der Waals surface area contributed by atoms with Gasteiger partial charge in [-0.3, -0.25) is 4.79 Å². The molecule has 2 aliphatic heterocycles. The predicted molar refractivity (Wildman–Crippen MR) is 77.3 cm³/mol. The highest BCUT2D eigenvalue weighted by molar-refractivity contribution is 5.94. The summed E-state index contributed by atoms with van der Waals surface area (Å²) < 4.78 is 5.66. The number of unbranched alkanes of at least 4 members (excludes halogenated alkanes) is 1. The van der Waals surface area contributed by atoms with Crippen LogP contribution in [0.1, 0.15) is 44.2 Å². The molecular weight excluding hydrogens is 252 g/mol. The Balaban J connectivity index is 1.87. The van der Waals surface area contributed by atoms with E-state index in [1.807, 2.05) is 18.2 Å². The number of carbonyl (C=O) groups is 1. The summed E-state index contributed by atoms with van der Waals surface area (Å²) in [5.74, 6) is -0.0499. The van der Waals surface area contributed by atoms with Crippen LogP contribution in [0.5, 0.6) is 0 Å². The van der Waals surface area contributed by atoms with Gasteiger partial charge < -0.3 is 9.64 Å². The Hall–Kier alpha value is -1.84. The normalized spacial score (nSPS) is 25.1. The van der Waals surface area contributed by atoms with E-state index in [9.17, 15) is 4.79 Å². The number of nitrogens with zero attached hydrogens (tertiary/aromatic N) is 2. The fourth-order valence-corrected chi connectivity index (χ4v) is 3.01. The molecule has 2 atom stereocenters. The van der Waals surface area contributed by atoms with Gasteiger partial charge in [0.05, 0.1) is 6.04 Å². The fraction of sp³-hybridized carbons (Fsp3) is 0.500. The minimum absolute atomic E-state index is 0.0499. The van der Waals surface area contributed by atoms with E-state index in [-0.39, 0.29) is 18.0 Å². The molecule has 1 aromatic carbocycles. The quantitative estimate of drug-likeness (QED) is 0.846. The second-order valence-electron chi connectivity index (χ2n) is 5.43. The van der Waals surface area contributed by atoms with Crippen molar-refractivity contribution in [1.29, 1.82) is 0 Å². The second-order valence-corrected chi connectivity index (χ2v) is 5.43. The Bertz CT molecular complexity index is 512. The maximum Gasteiger partial charge on any atom is 0.296 e. The molecule has 0 N–H and O–H groups in total. The number of aliphatic imine (C=N–C) groups is 1. The van der Waals surface area contributed by atoms with Crippen LogP contribution in [-0.4, -0.2) is 29.5 Å². The van der Waals surface area contributed by atoms with Crippen molar-refractivity contribution in [3.05, 3.63) is 35.9 Å². The van der Waals surface area contributed by atoms with Gasteiger partial charge in [0.2, 0.25) is 0 Å². The average Bonchev–Trinajstić information content (AvgIpc) is 2.89. The van der Waals surface area contributed by atoms with Crippen LogP contribution in [0.15, 0.2) is 35.3 Å². The van der Waals surface area contributed by atoms with Crippen molar-refractivity contribution in [2.45, 2.75) is 44.7 Å². The summed E-state index contributed by atoms with van der Waals surface area (Å²) in [4.78, 5) is 18.0. The number of carbonyl (C=O) groups excluding carboxylic acids is 1. The molecule has 4 heteroatoms. The zero-order valence-electron chi connectivity index (χ0n) is 11.8. The molecule has 0 bridgehead atoms. The zero-order chi connectivity index (χ0) is 13.9. The van der Waals surface area contributed by atoms with E-state index in [2.05, 4.69) is 28.9 Å². The van der Waals surface area contributed by atoms with Crippen molar-refractivity contribution < 1.29 is 9.53 Å². The Morgan fingerprint density at radius 1 is 1.35 bits per heavy atom. The molecule has 2 heterocycles. The maximum absolute atomic E-state index is 11.7. The standard InChI is InChI=1S/C16H20N2O2/c1-2-3-9-13-10-15(19)17-16-18(13)14(11-20-16)12-7-5-4-6-8-12/h4-8,13-14H,2-3,9-11H2,1H3/t13-,14+/m0/s1. The molecular formula is C16H20N2O2. The van der Waals surface area contributed by atoms with Gasteiger partial charge in [-0.1, -0.05) is 50.1 Å². The number of hydrogen-bond acceptors (Lipinski definition) is 3. The fourth-order valence-electron chi connectivity index (χ4n) is 3.01. The van der Waals surface area contributed by atoms with Crippen molar-refractivity contribution in [3.8, 4) is 0 Å². The summed E-state index contributed by atoms with van der Waals surface area (Å²) in [5.41, 5.74) is 1.23. The lowest BCUT2D eigenvalue weighted by molar-refractivity contribution is -0.119. The van der Waals surface area contributed by atoms with Crippen molar-refractivity contribution >= 4 is 11.9 Å². The van der Waals surface area contributed by atoms with Gasteiger partial charge in [0.15, 0.2) is 0 Å². The first-order valence-corrected chi connectivity index (χ1v) is 7.37. The molecule has 0 aliphatic carbocycles. The number of fused-ring (bicyclic) bond motifs is 1. The molecule has 20 heavy (non-hydrogen) atoms. The first-order valence-electron chi connectivity index (χ1n) is 7.37. The van der Waals surface area contributed by atoms with Crippen LogP contribution in [0, 0.1) is 0 Å². The summed E-state index contributed by atoms with van der Waals surface area (Å²) >= 11 is 0. The lowest BCUT2D eigenvalue weighted by atomic mass is 9.99. The molecule has 1 aromatic rings. The Morgan fingerprint density at radius 2 is 2.15 bits per heavy atom. The van der Waals surface area contributed by atoms with E-state index in [0.717, 1.165) is 19.3 Å². The minimum Gasteiger partial charge on any atom is -0.462 e. The van der Waals surface area contributed by atoms with Gasteiger partial charge in [-0.2, -0.15) is 4.99 Å². The number of amidine groups is 1. The second kappa shape index (κ2) is 5.65. The molecule has 0 radical (unpaired) electrons. The molecule has 1 fully saturated rings. The Labute approximate surface area is 119 Å². The van der Waals surface area contributed by atoms with Crippen LogP contribution >= 0.6 is 0 Å². The highest BCUT2D eigenvalue weighted by Gasteiger charge is 2.41. The van der Waals surface area contributed by atoms with Crippen LogP contribution in [0.2, 0.25) is 0 Å². The van der Waals surface area contributed by atoms with Gasteiger partial charge in [-0.05, 0) is 12.0 Å². The third-order valence-electron chi connectivity index (χ3n) is 4.03. The van der Waals surface area contributed by atoms with E-state index in [4.69, 9.17) is 4.74 Å². The highest BCUT2D eigenvalue weighted by Crippen LogP contribution is 2.34. The van der Waals surface area contributed by atoms with Crippen LogP contribution in [0.25, 0.3) is 0 Å². The molecule has 1 saturated heterocycles. The number of hydrogen-bond donors (Lipinski definition) is 0. The number of benzene rings is 1. The van der Waals surface area contributed by atoms with Gasteiger partial charge in [0, 0.05) is 12.5 Å².